The van der Waals surface area contributed by atoms with Crippen molar-refractivity contribution >= 4 is 17.4 Å². The summed E-state index contributed by atoms with van der Waals surface area (Å²) in [4.78, 5) is 4.17. The molecule has 21 heavy (non-hydrogen) atoms. The molecule has 1 aromatic heterocycles. The molecule has 1 aromatic carbocycles. The smallest absolute Gasteiger partial charge is 0.146 e. The van der Waals surface area contributed by atoms with E-state index in [-0.39, 0.29) is 11.1 Å². The second kappa shape index (κ2) is 6.87. The summed E-state index contributed by atoms with van der Waals surface area (Å²) in [6.45, 7) is 4.72. The quantitative estimate of drug-likeness (QED) is 0.882. The Hall–Kier alpha value is -1.65. The van der Waals surface area contributed by atoms with Gasteiger partial charge >= 0.3 is 0 Å². The molecule has 3 nitrogen and oxygen atoms in total. The molecule has 0 aliphatic rings. The molecule has 5 heteroatoms. The Bertz CT molecular complexity index is 629. The number of rotatable bonds is 5. The number of halogens is 2. The predicted octanol–water partition coefficient (Wildman–Crippen LogP) is 3.85. The summed E-state index contributed by atoms with van der Waals surface area (Å²) in [6, 6.07) is 6.55. The third kappa shape index (κ3) is 3.52. The van der Waals surface area contributed by atoms with Gasteiger partial charge in [0.25, 0.3) is 0 Å². The largest absolute Gasteiger partial charge is 0.383 e. The zero-order valence-electron chi connectivity index (χ0n) is 12.2. The molecule has 2 rings (SSSR count). The van der Waals surface area contributed by atoms with E-state index in [2.05, 4.69) is 17.2 Å². The van der Waals surface area contributed by atoms with Gasteiger partial charge in [-0.1, -0.05) is 30.7 Å². The molecule has 0 bridgehead atoms. The number of pyridine rings is 1. The fraction of sp³-hybridized carbons (Fsp3) is 0.312. The van der Waals surface area contributed by atoms with Gasteiger partial charge in [-0.15, -0.1) is 0 Å². The summed E-state index contributed by atoms with van der Waals surface area (Å²) in [5.74, 6) is -0.0257. The summed E-state index contributed by atoms with van der Waals surface area (Å²) < 4.78 is 14.4. The maximum absolute atomic E-state index is 14.4. The van der Waals surface area contributed by atoms with Crippen LogP contribution in [0.4, 0.5) is 10.2 Å². The number of nitrogen functional groups attached to an aromatic ring is 1. The molecular formula is C16H19ClFN3. The molecule has 0 spiro atoms. The van der Waals surface area contributed by atoms with E-state index in [9.17, 15) is 4.39 Å². The van der Waals surface area contributed by atoms with Gasteiger partial charge in [0.2, 0.25) is 0 Å². The van der Waals surface area contributed by atoms with Crippen LogP contribution < -0.4 is 11.1 Å². The van der Waals surface area contributed by atoms with E-state index < -0.39 is 5.82 Å². The van der Waals surface area contributed by atoms with Crippen LogP contribution in [-0.2, 0) is 0 Å². The fourth-order valence-electron chi connectivity index (χ4n) is 2.25. The van der Waals surface area contributed by atoms with E-state index in [1.54, 1.807) is 18.3 Å². The molecule has 2 aromatic rings. The molecule has 1 heterocycles. The normalized spacial score (nSPS) is 12.4. The van der Waals surface area contributed by atoms with Crippen LogP contribution in [0.2, 0.25) is 5.02 Å². The minimum absolute atomic E-state index is 0.106. The van der Waals surface area contributed by atoms with E-state index in [0.717, 1.165) is 24.1 Å². The predicted molar refractivity (Wildman–Crippen MR) is 84.9 cm³/mol. The van der Waals surface area contributed by atoms with Crippen molar-refractivity contribution in [1.82, 2.24) is 10.3 Å². The van der Waals surface area contributed by atoms with Gasteiger partial charge in [0, 0.05) is 17.3 Å². The summed E-state index contributed by atoms with van der Waals surface area (Å²) in [7, 11) is 0. The molecule has 3 N–H and O–H groups in total. The molecule has 0 aliphatic carbocycles. The first-order chi connectivity index (χ1) is 10.0. The number of nitrogens with two attached hydrogens (primary N) is 1. The number of nitrogens with one attached hydrogen (secondary N) is 1. The van der Waals surface area contributed by atoms with Crippen LogP contribution in [0.25, 0.3) is 0 Å². The topological polar surface area (TPSA) is 50.9 Å². The number of hydrogen-bond donors (Lipinski definition) is 2. The van der Waals surface area contributed by atoms with Crippen LogP contribution >= 0.6 is 11.6 Å². The highest BCUT2D eigenvalue weighted by Gasteiger charge is 2.21. The summed E-state index contributed by atoms with van der Waals surface area (Å²) in [5, 5.41) is 3.43. The molecule has 0 saturated carbocycles. The molecule has 112 valence electrons. The number of benzene rings is 1. The van der Waals surface area contributed by atoms with E-state index in [0.29, 0.717) is 11.4 Å². The Kier molecular flexibility index (Phi) is 5.15. The number of aryl methyl sites for hydroxylation is 1. The van der Waals surface area contributed by atoms with E-state index in [1.165, 1.54) is 6.07 Å². The third-order valence-corrected chi connectivity index (χ3v) is 3.58. The van der Waals surface area contributed by atoms with Crippen molar-refractivity contribution in [1.29, 1.82) is 0 Å². The second-order valence-electron chi connectivity index (χ2n) is 5.02. The molecule has 0 aliphatic heterocycles. The highest BCUT2D eigenvalue weighted by Crippen LogP contribution is 2.30. The highest BCUT2D eigenvalue weighted by molar-refractivity contribution is 6.30. The molecular weight excluding hydrogens is 289 g/mol. The van der Waals surface area contributed by atoms with E-state index in [1.807, 2.05) is 13.0 Å². The Morgan fingerprint density at radius 2 is 2.14 bits per heavy atom. The molecule has 1 unspecified atom stereocenters. The van der Waals surface area contributed by atoms with Crippen molar-refractivity contribution in [3.05, 3.63) is 58.0 Å². The van der Waals surface area contributed by atoms with Crippen molar-refractivity contribution in [2.75, 3.05) is 12.3 Å². The zero-order chi connectivity index (χ0) is 15.4. The van der Waals surface area contributed by atoms with Crippen LogP contribution in [-0.4, -0.2) is 11.5 Å². The minimum atomic E-state index is -0.423. The van der Waals surface area contributed by atoms with Gasteiger partial charge in [0.1, 0.15) is 11.6 Å². The van der Waals surface area contributed by atoms with Crippen LogP contribution in [0.5, 0.6) is 0 Å². The molecule has 0 radical (unpaired) electrons. The monoisotopic (exact) mass is 307 g/mol. The maximum Gasteiger partial charge on any atom is 0.146 e. The number of aromatic nitrogens is 1. The lowest BCUT2D eigenvalue weighted by Crippen LogP contribution is -2.25. The Labute approximate surface area is 129 Å². The van der Waals surface area contributed by atoms with Gasteiger partial charge in [0.05, 0.1) is 11.1 Å². The van der Waals surface area contributed by atoms with Crippen LogP contribution in [0, 0.1) is 12.7 Å². The van der Waals surface area contributed by atoms with Crippen molar-refractivity contribution in [2.24, 2.45) is 0 Å². The number of nitrogens with zero attached hydrogens (tertiary/aromatic N) is 1. The van der Waals surface area contributed by atoms with Gasteiger partial charge in [-0.3, -0.25) is 0 Å². The summed E-state index contributed by atoms with van der Waals surface area (Å²) in [5.41, 5.74) is 8.21. The van der Waals surface area contributed by atoms with Crippen molar-refractivity contribution in [3.63, 3.8) is 0 Å². The molecule has 0 saturated heterocycles. The first kappa shape index (κ1) is 15.7. The Morgan fingerprint density at radius 1 is 1.38 bits per heavy atom. The Balaban J connectivity index is 2.52. The lowest BCUT2D eigenvalue weighted by atomic mass is 9.97. The zero-order valence-corrected chi connectivity index (χ0v) is 12.9. The van der Waals surface area contributed by atoms with Crippen molar-refractivity contribution in [3.8, 4) is 0 Å². The molecule has 1 atom stereocenters. The maximum atomic E-state index is 14.4. The second-order valence-corrected chi connectivity index (χ2v) is 5.42. The standard InChI is InChI=1S/C16H19ClFN3/c1-3-7-20-15(11-5-4-6-13(17)14(11)18)12-8-10(2)9-21-16(12)19/h4-6,8-9,15,20H,3,7H2,1-2H3,(H2,19,21). The van der Waals surface area contributed by atoms with Crippen LogP contribution in [0.15, 0.2) is 30.5 Å². The van der Waals surface area contributed by atoms with Gasteiger partial charge in [0.15, 0.2) is 0 Å². The minimum Gasteiger partial charge on any atom is -0.383 e. The van der Waals surface area contributed by atoms with Crippen LogP contribution in [0.3, 0.4) is 0 Å². The average Bonchev–Trinajstić information content (AvgIpc) is 2.47. The van der Waals surface area contributed by atoms with Crippen molar-refractivity contribution < 1.29 is 4.39 Å². The summed E-state index contributed by atoms with van der Waals surface area (Å²) in [6.07, 6.45) is 2.63. The van der Waals surface area contributed by atoms with Gasteiger partial charge in [-0.05, 0) is 37.6 Å². The first-order valence-electron chi connectivity index (χ1n) is 6.94. The molecule has 0 amide bonds. The SMILES string of the molecule is CCCNC(c1cc(C)cnc1N)c1cccc(Cl)c1F. The van der Waals surface area contributed by atoms with E-state index in [4.69, 9.17) is 17.3 Å². The first-order valence-corrected chi connectivity index (χ1v) is 7.31. The van der Waals surface area contributed by atoms with Crippen molar-refractivity contribution in [2.45, 2.75) is 26.3 Å². The third-order valence-electron chi connectivity index (χ3n) is 3.29. The molecule has 0 fully saturated rings. The highest BCUT2D eigenvalue weighted by atomic mass is 35.5. The number of hydrogen-bond acceptors (Lipinski definition) is 3. The summed E-state index contributed by atoms with van der Waals surface area (Å²) >= 11 is 5.90. The van der Waals surface area contributed by atoms with Gasteiger partial charge < -0.3 is 11.1 Å². The average molecular weight is 308 g/mol. The van der Waals surface area contributed by atoms with Gasteiger partial charge in [-0.2, -0.15) is 0 Å². The van der Waals surface area contributed by atoms with Crippen LogP contribution in [0.1, 0.15) is 36.1 Å². The number of anilines is 1. The fourth-order valence-corrected chi connectivity index (χ4v) is 2.43. The van der Waals surface area contributed by atoms with E-state index >= 15 is 0 Å². The van der Waals surface area contributed by atoms with Gasteiger partial charge in [-0.25, -0.2) is 9.37 Å². The lowest BCUT2D eigenvalue weighted by Gasteiger charge is -2.22. The Morgan fingerprint density at radius 3 is 2.86 bits per heavy atom. The lowest BCUT2D eigenvalue weighted by molar-refractivity contribution is 0.547.